The summed E-state index contributed by atoms with van der Waals surface area (Å²) in [6.07, 6.45) is 1.94. The van der Waals surface area contributed by atoms with E-state index in [0.29, 0.717) is 6.67 Å². The van der Waals surface area contributed by atoms with Crippen LogP contribution in [0.25, 0.3) is 49.9 Å². The molecule has 3 aliphatic heterocycles. The molecule has 5 heterocycles. The molecule has 6 nitrogen and oxygen atoms in total. The van der Waals surface area contributed by atoms with Gasteiger partial charge in [0.05, 0.1) is 39.5 Å². The molecule has 0 spiro atoms. The highest BCUT2D eigenvalue weighted by Crippen LogP contribution is 2.62. The minimum absolute atomic E-state index is 0.00154. The van der Waals surface area contributed by atoms with Crippen LogP contribution in [-0.4, -0.2) is 16.2 Å². The van der Waals surface area contributed by atoms with Crippen LogP contribution >= 0.6 is 0 Å². The number of anilines is 7. The van der Waals surface area contributed by atoms with Gasteiger partial charge in [0.25, 0.3) is 0 Å². The average molecular weight is 1040 g/mol. The van der Waals surface area contributed by atoms with Crippen LogP contribution in [0.5, 0.6) is 11.5 Å². The first-order chi connectivity index (χ1) is 38.4. The van der Waals surface area contributed by atoms with Gasteiger partial charge in [-0.15, -0.1) is 0 Å². The number of fused-ring (bicyclic) bond motifs is 8. The number of rotatable bonds is 7. The Hall–Kier alpha value is -8.87. The average Bonchev–Trinajstić information content (AvgIpc) is 4.10. The molecule has 0 aliphatic carbocycles. The summed E-state index contributed by atoms with van der Waals surface area (Å²) in [5.74, 6) is 2.43. The van der Waals surface area contributed by atoms with E-state index in [9.17, 15) is 0 Å². The Bertz CT molecular complexity index is 4160. The Labute approximate surface area is 471 Å². The number of pyridine rings is 1. The Morgan fingerprint density at radius 3 is 1.57 bits per heavy atom. The highest BCUT2D eigenvalue weighted by molar-refractivity contribution is 6.10. The van der Waals surface area contributed by atoms with Crippen molar-refractivity contribution in [1.82, 2.24) is 9.55 Å². The van der Waals surface area contributed by atoms with E-state index in [0.717, 1.165) is 39.7 Å². The van der Waals surface area contributed by atoms with E-state index in [1.54, 1.807) is 0 Å². The third-order valence-electron chi connectivity index (χ3n) is 17.6. The van der Waals surface area contributed by atoms with Gasteiger partial charge in [-0.3, -0.25) is 4.57 Å². The van der Waals surface area contributed by atoms with Gasteiger partial charge in [-0.2, -0.15) is 0 Å². The van der Waals surface area contributed by atoms with Crippen LogP contribution in [0.3, 0.4) is 0 Å². The zero-order valence-electron chi connectivity index (χ0n) is 47.6. The first kappa shape index (κ1) is 49.4. The fraction of sp³-hybridized carbons (Fsp3) is 0.203. The van der Waals surface area contributed by atoms with E-state index >= 15 is 0 Å². The lowest BCUT2D eigenvalue weighted by Crippen LogP contribution is -2.38. The largest absolute Gasteiger partial charge is 0.457 e. The third kappa shape index (κ3) is 7.85. The molecule has 0 unspecified atom stereocenters. The molecule has 0 saturated carbocycles. The van der Waals surface area contributed by atoms with Crippen molar-refractivity contribution >= 4 is 61.6 Å². The van der Waals surface area contributed by atoms with Gasteiger partial charge >= 0.3 is 0 Å². The van der Waals surface area contributed by atoms with Crippen molar-refractivity contribution < 1.29 is 4.74 Å². The number of para-hydroxylation sites is 2. The maximum atomic E-state index is 6.94. The van der Waals surface area contributed by atoms with Crippen molar-refractivity contribution in [3.05, 3.63) is 246 Å². The summed E-state index contributed by atoms with van der Waals surface area (Å²) in [4.78, 5) is 12.5. The van der Waals surface area contributed by atoms with Gasteiger partial charge in [0, 0.05) is 51.3 Å². The minimum atomic E-state index is -0.335. The number of benzene rings is 9. The van der Waals surface area contributed by atoms with Crippen LogP contribution in [0.2, 0.25) is 0 Å². The Kier molecular flexibility index (Phi) is 11.0. The molecular formula is C74H67N5O. The van der Waals surface area contributed by atoms with Crippen molar-refractivity contribution in [3.8, 4) is 39.6 Å². The van der Waals surface area contributed by atoms with Crippen molar-refractivity contribution in [2.24, 2.45) is 0 Å². The second-order valence-electron chi connectivity index (χ2n) is 25.4. The van der Waals surface area contributed by atoms with E-state index in [1.165, 1.54) is 94.8 Å². The summed E-state index contributed by atoms with van der Waals surface area (Å²) in [5, 5.41) is 2.37. The predicted octanol–water partition coefficient (Wildman–Crippen LogP) is 19.9. The summed E-state index contributed by atoms with van der Waals surface area (Å²) in [6, 6.07) is 76.1. The first-order valence-electron chi connectivity index (χ1n) is 28.3. The molecular weight excluding hydrogens is 975 g/mol. The fourth-order valence-corrected chi connectivity index (χ4v) is 13.0. The monoisotopic (exact) mass is 1040 g/mol. The van der Waals surface area contributed by atoms with Gasteiger partial charge in [0.2, 0.25) is 0 Å². The normalized spacial score (nSPS) is 14.9. The van der Waals surface area contributed by atoms with Crippen molar-refractivity contribution in [3.63, 3.8) is 0 Å². The summed E-state index contributed by atoms with van der Waals surface area (Å²) in [6.45, 7) is 23.9. The summed E-state index contributed by atoms with van der Waals surface area (Å²) >= 11 is 0. The quantitative estimate of drug-likeness (QED) is 0.159. The number of ether oxygens (including phenoxy) is 1. The van der Waals surface area contributed by atoms with Gasteiger partial charge in [-0.05, 0) is 164 Å². The molecule has 0 radical (unpaired) electrons. The number of hydrogen-bond donors (Lipinski definition) is 0. The zero-order valence-corrected chi connectivity index (χ0v) is 47.6. The van der Waals surface area contributed by atoms with Gasteiger partial charge < -0.3 is 19.4 Å². The van der Waals surface area contributed by atoms with Gasteiger partial charge in [0.1, 0.15) is 24.0 Å². The molecule has 0 saturated heterocycles. The second kappa shape index (κ2) is 17.8. The smallest absolute Gasteiger partial charge is 0.137 e. The number of hydrogen-bond acceptors (Lipinski definition) is 5. The van der Waals surface area contributed by atoms with Crippen LogP contribution in [-0.2, 0) is 21.7 Å². The molecule has 0 N–H and O–H groups in total. The maximum absolute atomic E-state index is 6.94. The molecule has 9 aromatic carbocycles. The highest BCUT2D eigenvalue weighted by Gasteiger charge is 2.47. The zero-order chi connectivity index (χ0) is 55.0. The van der Waals surface area contributed by atoms with Crippen molar-refractivity contribution in [1.29, 1.82) is 0 Å². The molecule has 2 aromatic heterocycles. The van der Waals surface area contributed by atoms with E-state index < -0.39 is 0 Å². The topological polar surface area (TPSA) is 36.8 Å². The summed E-state index contributed by atoms with van der Waals surface area (Å²) in [5.41, 5.74) is 22.5. The molecule has 0 fully saturated rings. The standard InChI is InChI=1S/C74H67N5O/c1-71(2,3)51-30-35-63-58(40-51)57-32-31-56(45-68(57)78(63)69-41-52(36-37-75-69)72(4,5)6)80-55-25-19-24-53(42-55)76-46-77(67-27-18-17-26-66(67)76)54-43-61-70-62(44-54)74(9,10)60-39-50(48-22-15-12-16-23-48)29-34-65(60)79(70)64-33-28-49(38-59(64)73(61,7)8)47-20-13-11-14-21-47/h11-45H,46H2,1-10H3. The lowest BCUT2D eigenvalue weighted by atomic mass is 9.65. The Morgan fingerprint density at radius 1 is 0.412 bits per heavy atom. The van der Waals surface area contributed by atoms with E-state index in [1.807, 2.05) is 6.20 Å². The molecule has 6 heteroatoms. The van der Waals surface area contributed by atoms with Crippen LogP contribution in [0.1, 0.15) is 103 Å². The first-order valence-corrected chi connectivity index (χ1v) is 28.3. The van der Waals surface area contributed by atoms with Gasteiger partial charge in [-0.1, -0.05) is 166 Å². The van der Waals surface area contributed by atoms with Crippen LogP contribution in [0.15, 0.2) is 212 Å². The SMILES string of the molecule is CC(C)(C)c1ccnc(-n2c3ccc(C(C)(C)C)cc3c3ccc(Oc4cccc(N5CN(c6cc7c8c(c6)C(C)(C)c6cc(-c9ccccc9)ccc6N8c6ccc(-c8ccccc8)cc6C7(C)C)c6ccccc65)c4)cc32)c1. The van der Waals surface area contributed by atoms with Crippen LogP contribution in [0.4, 0.5) is 39.8 Å². The fourth-order valence-electron chi connectivity index (χ4n) is 13.0. The van der Waals surface area contributed by atoms with E-state index in [2.05, 4.69) is 295 Å². The lowest BCUT2D eigenvalue weighted by Gasteiger charge is -2.50. The summed E-state index contributed by atoms with van der Waals surface area (Å²) in [7, 11) is 0. The van der Waals surface area contributed by atoms with Gasteiger partial charge in [-0.25, -0.2) is 4.98 Å². The summed E-state index contributed by atoms with van der Waals surface area (Å²) < 4.78 is 9.24. The molecule has 0 atom stereocenters. The second-order valence-corrected chi connectivity index (χ2v) is 25.4. The molecule has 0 bridgehead atoms. The molecule has 394 valence electrons. The lowest BCUT2D eigenvalue weighted by molar-refractivity contribution is 0.483. The van der Waals surface area contributed by atoms with Gasteiger partial charge in [0.15, 0.2) is 0 Å². The Morgan fingerprint density at radius 2 is 0.975 bits per heavy atom. The Balaban J connectivity index is 0.861. The third-order valence-corrected chi connectivity index (χ3v) is 17.6. The maximum Gasteiger partial charge on any atom is 0.137 e. The van der Waals surface area contributed by atoms with Crippen LogP contribution in [0, 0.1) is 0 Å². The number of aromatic nitrogens is 2. The molecule has 3 aliphatic rings. The highest BCUT2D eigenvalue weighted by atomic mass is 16.5. The molecule has 80 heavy (non-hydrogen) atoms. The number of nitrogens with zero attached hydrogens (tertiary/aromatic N) is 5. The van der Waals surface area contributed by atoms with Crippen LogP contribution < -0.4 is 19.4 Å². The van der Waals surface area contributed by atoms with Crippen molar-refractivity contribution in [2.45, 2.75) is 90.9 Å². The van der Waals surface area contributed by atoms with E-state index in [4.69, 9.17) is 9.72 Å². The molecule has 14 rings (SSSR count). The molecule has 11 aromatic rings. The minimum Gasteiger partial charge on any atom is -0.457 e. The van der Waals surface area contributed by atoms with Crippen molar-refractivity contribution in [2.75, 3.05) is 21.4 Å². The predicted molar refractivity (Wildman–Crippen MR) is 334 cm³/mol. The van der Waals surface area contributed by atoms with E-state index in [-0.39, 0.29) is 21.7 Å². The molecule has 0 amide bonds.